The number of ether oxygens (including phenoxy) is 2. The number of rotatable bonds is 1. The molecule has 1 aromatic rings. The van der Waals surface area contributed by atoms with Gasteiger partial charge in [0, 0.05) is 11.5 Å². The standard InChI is InChI=1S/C15H16O4/c1-15(2,3)19-14(17)12-8-5-11(6-9-12)7-10-13(16)18-4/h5-6,8-9H,1-4H3. The van der Waals surface area contributed by atoms with E-state index in [2.05, 4.69) is 16.6 Å². The molecule has 0 atom stereocenters. The van der Waals surface area contributed by atoms with Crippen LogP contribution in [0.3, 0.4) is 0 Å². The molecule has 19 heavy (non-hydrogen) atoms. The second-order valence-corrected chi connectivity index (χ2v) is 4.82. The Hall–Kier alpha value is -2.28. The lowest BCUT2D eigenvalue weighted by Gasteiger charge is -2.19. The molecule has 0 fully saturated rings. The summed E-state index contributed by atoms with van der Waals surface area (Å²) >= 11 is 0. The van der Waals surface area contributed by atoms with Crippen LogP contribution in [-0.2, 0) is 14.3 Å². The minimum Gasteiger partial charge on any atom is -0.459 e. The summed E-state index contributed by atoms with van der Waals surface area (Å²) in [5.41, 5.74) is 0.539. The van der Waals surface area contributed by atoms with Crippen LogP contribution < -0.4 is 0 Å². The largest absolute Gasteiger partial charge is 0.459 e. The lowest BCUT2D eigenvalue weighted by atomic mass is 10.1. The van der Waals surface area contributed by atoms with Gasteiger partial charge in [0.05, 0.1) is 12.7 Å². The van der Waals surface area contributed by atoms with Gasteiger partial charge in [-0.1, -0.05) is 5.92 Å². The first-order valence-corrected chi connectivity index (χ1v) is 5.75. The number of hydrogen-bond acceptors (Lipinski definition) is 4. The molecule has 0 saturated heterocycles. The quantitative estimate of drug-likeness (QED) is 0.573. The first-order chi connectivity index (χ1) is 8.81. The molecule has 0 bridgehead atoms. The zero-order valence-corrected chi connectivity index (χ0v) is 11.4. The highest BCUT2D eigenvalue weighted by Gasteiger charge is 2.17. The molecule has 4 heteroatoms. The van der Waals surface area contributed by atoms with Crippen molar-refractivity contribution in [2.45, 2.75) is 26.4 Å². The van der Waals surface area contributed by atoms with E-state index in [4.69, 9.17) is 4.74 Å². The minimum atomic E-state index is -0.601. The second kappa shape index (κ2) is 6.05. The van der Waals surface area contributed by atoms with E-state index in [0.717, 1.165) is 0 Å². The van der Waals surface area contributed by atoms with Gasteiger partial charge in [-0.3, -0.25) is 0 Å². The molecular weight excluding hydrogens is 244 g/mol. The van der Waals surface area contributed by atoms with Crippen LogP contribution in [0, 0.1) is 11.8 Å². The van der Waals surface area contributed by atoms with Crippen molar-refractivity contribution in [1.82, 2.24) is 0 Å². The van der Waals surface area contributed by atoms with Crippen molar-refractivity contribution in [2.75, 3.05) is 7.11 Å². The van der Waals surface area contributed by atoms with E-state index >= 15 is 0 Å². The average molecular weight is 260 g/mol. The fourth-order valence-corrected chi connectivity index (χ4v) is 1.20. The highest BCUT2D eigenvalue weighted by molar-refractivity contribution is 5.90. The molecule has 0 unspecified atom stereocenters. The summed E-state index contributed by atoms with van der Waals surface area (Å²) in [5.74, 6) is 3.95. The lowest BCUT2D eigenvalue weighted by molar-refractivity contribution is -0.133. The number of esters is 2. The summed E-state index contributed by atoms with van der Waals surface area (Å²) in [6.45, 7) is 5.42. The van der Waals surface area contributed by atoms with Crippen LogP contribution in [0.25, 0.3) is 0 Å². The molecule has 0 saturated carbocycles. The van der Waals surface area contributed by atoms with Gasteiger partial charge in [-0.25, -0.2) is 9.59 Å². The number of carbonyl (C=O) groups excluding carboxylic acids is 2. The minimum absolute atomic E-state index is 0.389. The van der Waals surface area contributed by atoms with E-state index in [1.807, 2.05) is 0 Å². The maximum atomic E-state index is 11.8. The second-order valence-electron chi connectivity index (χ2n) is 4.82. The fraction of sp³-hybridized carbons (Fsp3) is 0.333. The van der Waals surface area contributed by atoms with Gasteiger partial charge in [-0.15, -0.1) is 0 Å². The van der Waals surface area contributed by atoms with Gasteiger partial charge in [0.25, 0.3) is 0 Å². The zero-order valence-electron chi connectivity index (χ0n) is 11.4. The Balaban J connectivity index is 2.79. The van der Waals surface area contributed by atoms with E-state index in [0.29, 0.717) is 11.1 Å². The lowest BCUT2D eigenvalue weighted by Crippen LogP contribution is -2.23. The molecule has 0 aromatic heterocycles. The van der Waals surface area contributed by atoms with Crippen LogP contribution in [-0.4, -0.2) is 24.6 Å². The molecule has 0 amide bonds. The monoisotopic (exact) mass is 260 g/mol. The Morgan fingerprint density at radius 2 is 1.68 bits per heavy atom. The molecule has 100 valence electrons. The summed E-state index contributed by atoms with van der Waals surface area (Å²) in [6.07, 6.45) is 0. The van der Waals surface area contributed by atoms with E-state index < -0.39 is 11.6 Å². The third kappa shape index (κ3) is 5.26. The predicted octanol–water partition coefficient (Wildman–Crippen LogP) is 2.17. The summed E-state index contributed by atoms with van der Waals surface area (Å²) < 4.78 is 9.63. The number of methoxy groups -OCH3 is 1. The van der Waals surface area contributed by atoms with Crippen molar-refractivity contribution in [2.24, 2.45) is 0 Å². The summed E-state index contributed by atoms with van der Waals surface area (Å²) in [7, 11) is 1.27. The number of carbonyl (C=O) groups is 2. The zero-order chi connectivity index (χ0) is 14.5. The van der Waals surface area contributed by atoms with Crippen molar-refractivity contribution in [3.8, 4) is 11.8 Å². The average Bonchev–Trinajstić information content (AvgIpc) is 2.34. The Morgan fingerprint density at radius 1 is 1.11 bits per heavy atom. The summed E-state index contributed by atoms with van der Waals surface area (Å²) in [5, 5.41) is 0. The van der Waals surface area contributed by atoms with Crippen LogP contribution in [0.2, 0.25) is 0 Å². The third-order valence-corrected chi connectivity index (χ3v) is 2.01. The molecule has 0 N–H and O–H groups in total. The molecule has 1 rings (SSSR count). The maximum Gasteiger partial charge on any atom is 0.384 e. The van der Waals surface area contributed by atoms with E-state index in [-0.39, 0.29) is 5.97 Å². The highest BCUT2D eigenvalue weighted by Crippen LogP contribution is 2.12. The Kier molecular flexibility index (Phi) is 4.71. The van der Waals surface area contributed by atoms with Gasteiger partial charge < -0.3 is 9.47 Å². The van der Waals surface area contributed by atoms with Gasteiger partial charge >= 0.3 is 11.9 Å². The third-order valence-electron chi connectivity index (χ3n) is 2.01. The normalized spacial score (nSPS) is 10.1. The van der Waals surface area contributed by atoms with Crippen LogP contribution in [0.15, 0.2) is 24.3 Å². The van der Waals surface area contributed by atoms with Gasteiger partial charge in [0.1, 0.15) is 5.60 Å². The van der Waals surface area contributed by atoms with Crippen LogP contribution in [0.5, 0.6) is 0 Å². The predicted molar refractivity (Wildman–Crippen MR) is 70.5 cm³/mol. The molecule has 0 heterocycles. The molecule has 0 spiro atoms. The van der Waals surface area contributed by atoms with Crippen LogP contribution in [0.4, 0.5) is 0 Å². The number of hydrogen-bond donors (Lipinski definition) is 0. The molecule has 0 aliphatic heterocycles. The topological polar surface area (TPSA) is 52.6 Å². The van der Waals surface area contributed by atoms with Crippen LogP contribution >= 0.6 is 0 Å². The maximum absolute atomic E-state index is 11.8. The van der Waals surface area contributed by atoms with Crippen LogP contribution in [0.1, 0.15) is 36.7 Å². The smallest absolute Gasteiger partial charge is 0.384 e. The van der Waals surface area contributed by atoms with Gasteiger partial charge in [0.2, 0.25) is 0 Å². The summed E-state index contributed by atoms with van der Waals surface area (Å²) in [6, 6.07) is 6.51. The summed E-state index contributed by atoms with van der Waals surface area (Å²) in [4.78, 5) is 22.6. The molecule has 0 radical (unpaired) electrons. The van der Waals surface area contributed by atoms with Crippen molar-refractivity contribution >= 4 is 11.9 Å². The Labute approximate surface area is 112 Å². The highest BCUT2D eigenvalue weighted by atomic mass is 16.6. The van der Waals surface area contributed by atoms with E-state index in [1.54, 1.807) is 45.0 Å². The van der Waals surface area contributed by atoms with Crippen molar-refractivity contribution in [3.63, 3.8) is 0 Å². The molecule has 0 aliphatic rings. The Morgan fingerprint density at radius 3 is 2.16 bits per heavy atom. The SMILES string of the molecule is COC(=O)C#Cc1ccc(C(=O)OC(C)(C)C)cc1. The first-order valence-electron chi connectivity index (χ1n) is 5.75. The number of benzene rings is 1. The van der Waals surface area contributed by atoms with Gasteiger partial charge in [-0.2, -0.15) is 0 Å². The van der Waals surface area contributed by atoms with Crippen molar-refractivity contribution in [1.29, 1.82) is 0 Å². The molecule has 4 nitrogen and oxygen atoms in total. The van der Waals surface area contributed by atoms with Crippen molar-refractivity contribution < 1.29 is 19.1 Å². The fourth-order valence-electron chi connectivity index (χ4n) is 1.20. The Bertz CT molecular complexity index is 524. The first kappa shape index (κ1) is 14.8. The molecule has 1 aromatic carbocycles. The van der Waals surface area contributed by atoms with E-state index in [9.17, 15) is 9.59 Å². The van der Waals surface area contributed by atoms with Gasteiger partial charge in [0.15, 0.2) is 0 Å². The van der Waals surface area contributed by atoms with Gasteiger partial charge in [-0.05, 0) is 45.0 Å². The van der Waals surface area contributed by atoms with E-state index in [1.165, 1.54) is 7.11 Å². The van der Waals surface area contributed by atoms with Crippen molar-refractivity contribution in [3.05, 3.63) is 35.4 Å². The molecule has 0 aliphatic carbocycles. The molecular formula is C15H16O4.